The Morgan fingerprint density at radius 1 is 0.417 bits per heavy atom. The van der Waals surface area contributed by atoms with Gasteiger partial charge in [-0.3, -0.25) is 17.9 Å². The molecule has 8 saturated heterocycles. The number of benzene rings is 1. The van der Waals surface area contributed by atoms with Gasteiger partial charge in [-0.25, -0.2) is 24.6 Å². The van der Waals surface area contributed by atoms with E-state index in [9.17, 15) is 0 Å². The second-order valence-electron chi connectivity index (χ2n) is 16.5. The normalized spacial score (nSPS) is 42.3. The summed E-state index contributed by atoms with van der Waals surface area (Å²) in [5.41, 5.74) is 5.90. The number of nitrogens with zero attached hydrogens (tertiary/aromatic N) is 9. The minimum Gasteiger partial charge on any atom is -1.00 e. The molecule has 9 aliphatic rings. The van der Waals surface area contributed by atoms with Gasteiger partial charge in [0.15, 0.2) is 0 Å². The van der Waals surface area contributed by atoms with Crippen molar-refractivity contribution in [3.8, 4) is 0 Å². The molecule has 0 amide bonds. The number of aromatic nitrogens is 1. The Kier molecular flexibility index (Phi) is 9.71. The summed E-state index contributed by atoms with van der Waals surface area (Å²) in [6.07, 6.45) is 2.48. The van der Waals surface area contributed by atoms with Crippen molar-refractivity contribution in [3.05, 3.63) is 65.0 Å². The van der Waals surface area contributed by atoms with Crippen molar-refractivity contribution in [2.24, 2.45) is 0 Å². The van der Waals surface area contributed by atoms with E-state index in [1.54, 1.807) is 11.1 Å². The Morgan fingerprint density at radius 2 is 0.708 bits per heavy atom. The van der Waals surface area contributed by atoms with Crippen LogP contribution in [-0.2, 0) is 26.2 Å². The molecule has 0 aliphatic carbocycles. The summed E-state index contributed by atoms with van der Waals surface area (Å²) < 4.78 is 5.05. The molecule has 2 aromatic rings. The summed E-state index contributed by atoms with van der Waals surface area (Å²) in [5, 5.41) is 0. The van der Waals surface area contributed by atoms with Crippen LogP contribution in [0.3, 0.4) is 0 Å². The van der Waals surface area contributed by atoms with Gasteiger partial charge < -0.3 is 67.9 Å². The van der Waals surface area contributed by atoms with Gasteiger partial charge in [-0.1, -0.05) is 24.3 Å². The van der Waals surface area contributed by atoms with Crippen molar-refractivity contribution < 1.29 is 85.9 Å². The van der Waals surface area contributed by atoms with Crippen LogP contribution >= 0.6 is 0 Å². The van der Waals surface area contributed by atoms with E-state index >= 15 is 0 Å². The van der Waals surface area contributed by atoms with E-state index in [2.05, 4.69) is 62.1 Å². The highest BCUT2D eigenvalue weighted by Gasteiger charge is 2.69. The van der Waals surface area contributed by atoms with Gasteiger partial charge in [0.1, 0.15) is 26.2 Å². The lowest BCUT2D eigenvalue weighted by Crippen LogP contribution is -3.00. The lowest BCUT2D eigenvalue weighted by atomic mass is 10.0. The number of quaternary nitrogens is 4. The Balaban J connectivity index is 0.000000911. The van der Waals surface area contributed by atoms with Gasteiger partial charge in [0.2, 0.25) is 24.7 Å². The second kappa shape index (κ2) is 12.8. The van der Waals surface area contributed by atoms with E-state index < -0.39 is 0 Å². The molecule has 0 spiro atoms. The van der Waals surface area contributed by atoms with Crippen LogP contribution in [0.2, 0.25) is 0 Å². The van der Waals surface area contributed by atoms with Crippen LogP contribution in [0.1, 0.15) is 22.5 Å². The Bertz CT molecular complexity index is 1320. The number of hydrogen-bond acceptors (Lipinski definition) is 5. The minimum atomic E-state index is 0. The second-order valence-corrected chi connectivity index (χ2v) is 16.5. The topological polar surface area (TPSA) is 25.9 Å². The third-order valence-corrected chi connectivity index (χ3v) is 14.7. The van der Waals surface area contributed by atoms with Gasteiger partial charge in [0.25, 0.3) is 0 Å². The van der Waals surface area contributed by atoms with Gasteiger partial charge in [0, 0.05) is 11.1 Å². The lowest BCUT2D eigenvalue weighted by molar-refractivity contribution is -1.04. The fourth-order valence-electron chi connectivity index (χ4n) is 12.8. The number of hydrogen-bond donors (Lipinski definition) is 0. The predicted octanol–water partition coefficient (Wildman–Crippen LogP) is -11.3. The molecule has 1 aromatic carbocycles. The summed E-state index contributed by atoms with van der Waals surface area (Å²) >= 11 is 0. The summed E-state index contributed by atoms with van der Waals surface area (Å²) in [5.74, 6) is 0. The molecular weight excluding hydrogens is 866 g/mol. The zero-order valence-electron chi connectivity index (χ0n) is 28.0. The van der Waals surface area contributed by atoms with E-state index in [4.69, 9.17) is 4.98 Å². The number of rotatable bonds is 0. The molecule has 264 valence electrons. The molecule has 11 rings (SSSR count). The first-order chi connectivity index (χ1) is 21.6. The van der Waals surface area contributed by atoms with Crippen LogP contribution in [0.25, 0.3) is 0 Å². The Hall–Kier alpha value is -0.0300. The largest absolute Gasteiger partial charge is 1.00 e. The Labute approximate surface area is 328 Å². The van der Waals surface area contributed by atoms with Crippen LogP contribution in [0, 0.1) is 0 Å². The third kappa shape index (κ3) is 5.03. The van der Waals surface area contributed by atoms with Crippen LogP contribution in [0.5, 0.6) is 0 Å². The fourth-order valence-corrected chi connectivity index (χ4v) is 12.8. The molecule has 0 N–H and O–H groups in total. The minimum absolute atomic E-state index is 0. The molecule has 1 aromatic heterocycles. The highest BCUT2D eigenvalue weighted by atomic mass is 79.9. The number of fused-ring (bicyclic) bond motifs is 4. The first-order valence-corrected chi connectivity index (χ1v) is 18.0. The summed E-state index contributed by atoms with van der Waals surface area (Å²) in [7, 11) is 0. The molecule has 8 unspecified atom stereocenters. The molecule has 13 heteroatoms. The van der Waals surface area contributed by atoms with Gasteiger partial charge in [-0.15, -0.1) is 0 Å². The van der Waals surface area contributed by atoms with E-state index in [0.717, 1.165) is 13.1 Å². The van der Waals surface area contributed by atoms with Crippen molar-refractivity contribution in [3.63, 3.8) is 0 Å². The SMILES string of the molecule is [Br-].[Br-].[Br-].[Br-].c1cc2cc(c1)C[N+]13CCN4CC[N+]5(CCN(CC1)C5C43)Cc1cccc(n1)C[N+]13CCN4CC[N+]5(CCN(CC1)C3C45)C2. The molecule has 0 radical (unpaired) electrons. The van der Waals surface area contributed by atoms with Crippen molar-refractivity contribution in [2.45, 2.75) is 50.8 Å². The quantitative estimate of drug-likeness (QED) is 0.245. The van der Waals surface area contributed by atoms with Crippen molar-refractivity contribution in [1.29, 1.82) is 0 Å². The fraction of sp³-hybridized carbons (Fsp3) is 0.686. The molecule has 10 heterocycles. The molecule has 0 saturated carbocycles. The summed E-state index contributed by atoms with van der Waals surface area (Å²) in [6.45, 7) is 25.2. The van der Waals surface area contributed by atoms with E-state index in [0.29, 0.717) is 24.7 Å². The smallest absolute Gasteiger partial charge is 0.214 e. The maximum Gasteiger partial charge on any atom is 0.214 e. The predicted molar refractivity (Wildman–Crippen MR) is 167 cm³/mol. The first kappa shape index (κ1) is 36.3. The summed E-state index contributed by atoms with van der Waals surface area (Å²) in [4.78, 5) is 17.2. The number of pyridine rings is 1. The average molecular weight is 917 g/mol. The van der Waals surface area contributed by atoms with Gasteiger partial charge in [-0.05, 0) is 18.2 Å². The molecule has 9 aliphatic heterocycles. The van der Waals surface area contributed by atoms with Gasteiger partial charge in [-0.2, -0.15) is 0 Å². The average Bonchev–Trinajstić information content (AvgIpc) is 3.78. The molecular formula is C35H51Br4N9. The van der Waals surface area contributed by atoms with E-state index in [1.165, 1.54) is 147 Å². The van der Waals surface area contributed by atoms with Gasteiger partial charge >= 0.3 is 0 Å². The summed E-state index contributed by atoms with van der Waals surface area (Å²) in [6, 6.07) is 17.2. The molecule has 12 bridgehead atoms. The monoisotopic (exact) mass is 913 g/mol. The lowest BCUT2D eigenvalue weighted by Gasteiger charge is -2.57. The maximum absolute atomic E-state index is 5.58. The zero-order chi connectivity index (χ0) is 28.7. The standard InChI is InChI=1S/C35H51N9.4BrH/c1-3-28-23-29(4-1)25-42-16-8-38-12-20-44(22-14-40(10-18-42)35(44)33(38)42)27-31-6-2-5-30(36-31)26-43-19-11-37-7-15-41(24-28)17-9-39(13-21-43)34(43)32(37)41;;;;/h1-6,23,32-35H,7-22,24-27H2;4*1H/q+4;;;;/p-4. The van der Waals surface area contributed by atoms with Crippen molar-refractivity contribution >= 4 is 0 Å². The van der Waals surface area contributed by atoms with Crippen LogP contribution in [0.15, 0.2) is 42.5 Å². The maximum atomic E-state index is 5.58. The van der Waals surface area contributed by atoms with Gasteiger partial charge in [0.05, 0.1) is 116 Å². The van der Waals surface area contributed by atoms with Crippen LogP contribution in [0.4, 0.5) is 0 Å². The highest BCUT2D eigenvalue weighted by Crippen LogP contribution is 2.47. The Morgan fingerprint density at radius 3 is 1.04 bits per heavy atom. The molecule has 8 atom stereocenters. The first-order valence-electron chi connectivity index (χ1n) is 18.0. The highest BCUT2D eigenvalue weighted by molar-refractivity contribution is 5.23. The van der Waals surface area contributed by atoms with Crippen LogP contribution < -0.4 is 67.9 Å². The molecule has 9 nitrogen and oxygen atoms in total. The molecule has 8 fully saturated rings. The zero-order valence-corrected chi connectivity index (χ0v) is 34.4. The number of halogens is 4. The van der Waals surface area contributed by atoms with Crippen molar-refractivity contribution in [1.82, 2.24) is 24.6 Å². The molecule has 48 heavy (non-hydrogen) atoms. The van der Waals surface area contributed by atoms with Crippen molar-refractivity contribution in [2.75, 3.05) is 105 Å². The van der Waals surface area contributed by atoms with E-state index in [1.807, 2.05) is 0 Å². The third-order valence-electron chi connectivity index (χ3n) is 14.7. The van der Waals surface area contributed by atoms with Crippen LogP contribution in [-0.4, -0.2) is 172 Å². The number of piperazine rings is 4. The van der Waals surface area contributed by atoms with E-state index in [-0.39, 0.29) is 67.9 Å².